The summed E-state index contributed by atoms with van der Waals surface area (Å²) in [5.74, 6) is 0.223. The number of rotatable bonds is 1. The van der Waals surface area contributed by atoms with Crippen LogP contribution < -0.4 is 5.32 Å². The molecule has 2 heterocycles. The van der Waals surface area contributed by atoms with Crippen LogP contribution in [0.1, 0.15) is 49.0 Å². The predicted molar refractivity (Wildman–Crippen MR) is 82.2 cm³/mol. The van der Waals surface area contributed by atoms with E-state index >= 15 is 0 Å². The fourth-order valence-corrected chi connectivity index (χ4v) is 3.20. The first-order valence-corrected chi connectivity index (χ1v) is 7.72. The SMILES string of the molecule is CC1(C)CCN(C(=O)c2cccc3c2CCCN3)CC1. The minimum atomic E-state index is 0.223. The lowest BCUT2D eigenvalue weighted by Crippen LogP contribution is -2.41. The molecule has 20 heavy (non-hydrogen) atoms. The zero-order valence-corrected chi connectivity index (χ0v) is 12.5. The lowest BCUT2D eigenvalue weighted by atomic mass is 9.82. The fraction of sp³-hybridized carbons (Fsp3) is 0.588. The first kappa shape index (κ1) is 13.5. The van der Waals surface area contributed by atoms with Gasteiger partial charge >= 0.3 is 0 Å². The van der Waals surface area contributed by atoms with Gasteiger partial charge in [-0.05, 0) is 48.8 Å². The molecule has 0 bridgehead atoms. The molecule has 0 atom stereocenters. The van der Waals surface area contributed by atoms with Gasteiger partial charge in [0.2, 0.25) is 0 Å². The molecule has 2 aliphatic heterocycles. The number of anilines is 1. The second kappa shape index (κ2) is 5.12. The third-order valence-corrected chi connectivity index (χ3v) is 4.73. The molecule has 0 saturated carbocycles. The van der Waals surface area contributed by atoms with Gasteiger partial charge in [-0.15, -0.1) is 0 Å². The Morgan fingerprint density at radius 1 is 1.25 bits per heavy atom. The van der Waals surface area contributed by atoms with E-state index in [1.165, 1.54) is 5.56 Å². The molecule has 108 valence electrons. The maximum atomic E-state index is 12.8. The summed E-state index contributed by atoms with van der Waals surface area (Å²) < 4.78 is 0. The van der Waals surface area contributed by atoms with Crippen LogP contribution in [-0.4, -0.2) is 30.4 Å². The van der Waals surface area contributed by atoms with E-state index in [9.17, 15) is 4.79 Å². The van der Waals surface area contributed by atoms with E-state index < -0.39 is 0 Å². The highest BCUT2D eigenvalue weighted by molar-refractivity contribution is 5.97. The van der Waals surface area contributed by atoms with E-state index in [-0.39, 0.29) is 5.91 Å². The highest BCUT2D eigenvalue weighted by Crippen LogP contribution is 2.32. The molecule has 0 radical (unpaired) electrons. The van der Waals surface area contributed by atoms with Crippen molar-refractivity contribution >= 4 is 11.6 Å². The number of hydrogen-bond donors (Lipinski definition) is 1. The second-order valence-electron chi connectivity index (χ2n) is 6.82. The van der Waals surface area contributed by atoms with Crippen molar-refractivity contribution in [2.24, 2.45) is 5.41 Å². The molecule has 3 rings (SSSR count). The van der Waals surface area contributed by atoms with Crippen molar-refractivity contribution in [3.63, 3.8) is 0 Å². The average molecular weight is 272 g/mol. The topological polar surface area (TPSA) is 32.3 Å². The first-order chi connectivity index (χ1) is 9.57. The lowest BCUT2D eigenvalue weighted by molar-refractivity contribution is 0.0629. The minimum Gasteiger partial charge on any atom is -0.385 e. The smallest absolute Gasteiger partial charge is 0.254 e. The van der Waals surface area contributed by atoms with Crippen molar-refractivity contribution in [2.75, 3.05) is 25.0 Å². The molecule has 1 amide bonds. The second-order valence-corrected chi connectivity index (χ2v) is 6.82. The van der Waals surface area contributed by atoms with Crippen molar-refractivity contribution in [1.29, 1.82) is 0 Å². The Bertz CT molecular complexity index is 512. The van der Waals surface area contributed by atoms with Crippen LogP contribution in [0.2, 0.25) is 0 Å². The van der Waals surface area contributed by atoms with Crippen molar-refractivity contribution in [2.45, 2.75) is 39.5 Å². The quantitative estimate of drug-likeness (QED) is 0.850. The van der Waals surface area contributed by atoms with Gasteiger partial charge < -0.3 is 10.2 Å². The zero-order valence-electron chi connectivity index (χ0n) is 12.5. The third kappa shape index (κ3) is 2.54. The molecule has 3 nitrogen and oxygen atoms in total. The normalized spacial score (nSPS) is 21.0. The molecule has 1 N–H and O–H groups in total. The summed E-state index contributed by atoms with van der Waals surface area (Å²) in [4.78, 5) is 14.8. The standard InChI is InChI=1S/C17H24N2O/c1-17(2)8-11-19(12-9-17)16(20)14-5-3-7-15-13(14)6-4-10-18-15/h3,5,7,18H,4,6,8-12H2,1-2H3. The number of nitrogens with zero attached hydrogens (tertiary/aromatic N) is 1. The number of carbonyl (C=O) groups is 1. The molecule has 2 aliphatic rings. The van der Waals surface area contributed by atoms with Crippen molar-refractivity contribution in [3.05, 3.63) is 29.3 Å². The third-order valence-electron chi connectivity index (χ3n) is 4.73. The van der Waals surface area contributed by atoms with Crippen LogP contribution in [0.5, 0.6) is 0 Å². The predicted octanol–water partition coefficient (Wildman–Crippen LogP) is 3.31. The van der Waals surface area contributed by atoms with E-state index in [0.717, 1.165) is 56.6 Å². The summed E-state index contributed by atoms with van der Waals surface area (Å²) >= 11 is 0. The highest BCUT2D eigenvalue weighted by atomic mass is 16.2. The molecular weight excluding hydrogens is 248 g/mol. The molecule has 1 fully saturated rings. The van der Waals surface area contributed by atoms with Crippen LogP contribution in [0.25, 0.3) is 0 Å². The van der Waals surface area contributed by atoms with Crippen molar-refractivity contribution in [1.82, 2.24) is 4.90 Å². The Labute approximate surface area is 121 Å². The van der Waals surface area contributed by atoms with Gasteiger partial charge in [0.15, 0.2) is 0 Å². The summed E-state index contributed by atoms with van der Waals surface area (Å²) in [5, 5.41) is 3.40. The number of amides is 1. The minimum absolute atomic E-state index is 0.223. The molecule has 1 aromatic rings. The van der Waals surface area contributed by atoms with Crippen molar-refractivity contribution in [3.8, 4) is 0 Å². The Hall–Kier alpha value is -1.51. The number of hydrogen-bond acceptors (Lipinski definition) is 2. The number of benzene rings is 1. The van der Waals surface area contributed by atoms with Crippen LogP contribution in [0.3, 0.4) is 0 Å². The van der Waals surface area contributed by atoms with E-state index in [1.54, 1.807) is 0 Å². The van der Waals surface area contributed by atoms with E-state index in [4.69, 9.17) is 0 Å². The van der Waals surface area contributed by atoms with Crippen LogP contribution >= 0.6 is 0 Å². The number of likely N-dealkylation sites (tertiary alicyclic amines) is 1. The summed E-state index contributed by atoms with van der Waals surface area (Å²) in [6.07, 6.45) is 4.34. The van der Waals surface area contributed by atoms with E-state index in [1.807, 2.05) is 17.0 Å². The molecule has 1 aromatic carbocycles. The van der Waals surface area contributed by atoms with Gasteiger partial charge in [0, 0.05) is 30.9 Å². The van der Waals surface area contributed by atoms with Gasteiger partial charge in [0.05, 0.1) is 0 Å². The fourth-order valence-electron chi connectivity index (χ4n) is 3.20. The molecule has 0 spiro atoms. The zero-order chi connectivity index (χ0) is 14.2. The van der Waals surface area contributed by atoms with Gasteiger partial charge in [-0.1, -0.05) is 19.9 Å². The number of fused-ring (bicyclic) bond motifs is 1. The van der Waals surface area contributed by atoms with Crippen LogP contribution in [0.15, 0.2) is 18.2 Å². The van der Waals surface area contributed by atoms with E-state index in [2.05, 4.69) is 25.2 Å². The Kier molecular flexibility index (Phi) is 3.45. The summed E-state index contributed by atoms with van der Waals surface area (Å²) in [7, 11) is 0. The van der Waals surface area contributed by atoms with Crippen LogP contribution in [0, 0.1) is 5.41 Å². The summed E-state index contributed by atoms with van der Waals surface area (Å²) in [6.45, 7) is 7.39. The maximum absolute atomic E-state index is 12.8. The number of piperidine rings is 1. The highest BCUT2D eigenvalue weighted by Gasteiger charge is 2.29. The Morgan fingerprint density at radius 3 is 2.75 bits per heavy atom. The molecule has 0 unspecified atom stereocenters. The maximum Gasteiger partial charge on any atom is 0.254 e. The largest absolute Gasteiger partial charge is 0.385 e. The molecule has 1 saturated heterocycles. The van der Waals surface area contributed by atoms with Gasteiger partial charge in [0.25, 0.3) is 5.91 Å². The number of carbonyl (C=O) groups excluding carboxylic acids is 1. The van der Waals surface area contributed by atoms with Crippen molar-refractivity contribution < 1.29 is 4.79 Å². The van der Waals surface area contributed by atoms with Crippen LogP contribution in [-0.2, 0) is 6.42 Å². The van der Waals surface area contributed by atoms with Gasteiger partial charge in [-0.25, -0.2) is 0 Å². The molecular formula is C17H24N2O. The number of nitrogens with one attached hydrogen (secondary N) is 1. The molecule has 0 aliphatic carbocycles. The average Bonchev–Trinajstić information content (AvgIpc) is 2.46. The lowest BCUT2D eigenvalue weighted by Gasteiger charge is -2.37. The van der Waals surface area contributed by atoms with Gasteiger partial charge in [0.1, 0.15) is 0 Å². The van der Waals surface area contributed by atoms with Gasteiger partial charge in [-0.3, -0.25) is 4.79 Å². The Balaban J connectivity index is 1.81. The van der Waals surface area contributed by atoms with E-state index in [0.29, 0.717) is 5.41 Å². The molecule has 0 aromatic heterocycles. The van der Waals surface area contributed by atoms with Gasteiger partial charge in [-0.2, -0.15) is 0 Å². The monoisotopic (exact) mass is 272 g/mol. The molecule has 3 heteroatoms. The first-order valence-electron chi connectivity index (χ1n) is 7.72. The van der Waals surface area contributed by atoms with Crippen LogP contribution in [0.4, 0.5) is 5.69 Å². The Morgan fingerprint density at radius 2 is 2.00 bits per heavy atom. The summed E-state index contributed by atoms with van der Waals surface area (Å²) in [5.41, 5.74) is 3.66. The summed E-state index contributed by atoms with van der Waals surface area (Å²) in [6, 6.07) is 6.08.